The molecule has 1 aliphatic rings. The second kappa shape index (κ2) is 6.22. The van der Waals surface area contributed by atoms with E-state index in [1.807, 2.05) is 30.3 Å². The summed E-state index contributed by atoms with van der Waals surface area (Å²) in [5.41, 5.74) is 5.86. The van der Waals surface area contributed by atoms with Gasteiger partial charge in [-0.15, -0.1) is 0 Å². The van der Waals surface area contributed by atoms with Crippen LogP contribution in [-0.2, 0) is 20.3 Å². The lowest BCUT2D eigenvalue weighted by molar-refractivity contribution is 0.127. The molecule has 6 heteroatoms. The molecule has 0 amide bonds. The fourth-order valence-electron chi connectivity index (χ4n) is 2.43. The molecule has 1 aliphatic heterocycles. The molecule has 0 aromatic heterocycles. The summed E-state index contributed by atoms with van der Waals surface area (Å²) in [5, 5.41) is 0. The molecule has 0 aliphatic carbocycles. The first-order chi connectivity index (χ1) is 9.45. The Kier molecular flexibility index (Phi) is 4.80. The third-order valence-corrected chi connectivity index (χ3v) is 5.20. The maximum absolute atomic E-state index is 12.3. The van der Waals surface area contributed by atoms with Gasteiger partial charge in [0.2, 0.25) is 10.0 Å². The minimum Gasteiger partial charge on any atom is -0.377 e. The maximum Gasteiger partial charge on any atom is 0.215 e. The van der Waals surface area contributed by atoms with Crippen molar-refractivity contribution in [3.63, 3.8) is 0 Å². The molecule has 0 spiro atoms. The van der Waals surface area contributed by atoms with Crippen LogP contribution in [0.5, 0.6) is 0 Å². The van der Waals surface area contributed by atoms with Crippen LogP contribution >= 0.6 is 0 Å². The second-order valence-corrected chi connectivity index (χ2v) is 7.19. The molecule has 2 unspecified atom stereocenters. The molecule has 3 N–H and O–H groups in total. The van der Waals surface area contributed by atoms with Crippen LogP contribution in [0.25, 0.3) is 0 Å². The molecule has 1 aromatic rings. The molecule has 0 saturated carbocycles. The quantitative estimate of drug-likeness (QED) is 0.819. The number of sulfonamides is 1. The standard InChI is InChI=1S/C14H22N2O3S/c1-14(11-15,12-6-3-2-4-7-12)16-20(17,18)10-13-8-5-9-19-13/h2-4,6-7,13,16H,5,8-11,15H2,1H3. The van der Waals surface area contributed by atoms with Crippen LogP contribution in [0.2, 0.25) is 0 Å². The van der Waals surface area contributed by atoms with Crippen molar-refractivity contribution in [2.45, 2.75) is 31.4 Å². The molecule has 0 bridgehead atoms. The van der Waals surface area contributed by atoms with Gasteiger partial charge >= 0.3 is 0 Å². The van der Waals surface area contributed by atoms with E-state index in [9.17, 15) is 8.42 Å². The van der Waals surface area contributed by atoms with Gasteiger partial charge in [-0.3, -0.25) is 0 Å². The van der Waals surface area contributed by atoms with Crippen molar-refractivity contribution < 1.29 is 13.2 Å². The lowest BCUT2D eigenvalue weighted by Crippen LogP contribution is -2.50. The summed E-state index contributed by atoms with van der Waals surface area (Å²) < 4.78 is 32.7. The van der Waals surface area contributed by atoms with Gasteiger partial charge < -0.3 is 10.5 Å². The summed E-state index contributed by atoms with van der Waals surface area (Å²) in [6.07, 6.45) is 1.52. The Morgan fingerprint density at radius 3 is 2.65 bits per heavy atom. The van der Waals surface area contributed by atoms with Crippen LogP contribution in [0.3, 0.4) is 0 Å². The zero-order chi connectivity index (χ0) is 14.6. The van der Waals surface area contributed by atoms with E-state index in [1.54, 1.807) is 6.92 Å². The van der Waals surface area contributed by atoms with Crippen molar-refractivity contribution in [2.24, 2.45) is 5.73 Å². The van der Waals surface area contributed by atoms with Crippen molar-refractivity contribution in [2.75, 3.05) is 18.9 Å². The van der Waals surface area contributed by atoms with Crippen LogP contribution in [-0.4, -0.2) is 33.4 Å². The summed E-state index contributed by atoms with van der Waals surface area (Å²) in [5.74, 6) is -0.00454. The van der Waals surface area contributed by atoms with Crippen LogP contribution < -0.4 is 10.5 Å². The van der Waals surface area contributed by atoms with Gasteiger partial charge in [-0.25, -0.2) is 13.1 Å². The minimum absolute atomic E-state index is 0.00454. The average Bonchev–Trinajstić information content (AvgIpc) is 2.91. The van der Waals surface area contributed by atoms with Gasteiger partial charge in [0.25, 0.3) is 0 Å². The van der Waals surface area contributed by atoms with E-state index in [0.29, 0.717) is 6.61 Å². The maximum atomic E-state index is 12.3. The predicted molar refractivity (Wildman–Crippen MR) is 78.7 cm³/mol. The van der Waals surface area contributed by atoms with Gasteiger partial charge in [-0.2, -0.15) is 0 Å². The predicted octanol–water partition coefficient (Wildman–Crippen LogP) is 0.959. The molecule has 1 heterocycles. The largest absolute Gasteiger partial charge is 0.377 e. The number of nitrogens with two attached hydrogens (primary N) is 1. The van der Waals surface area contributed by atoms with Crippen molar-refractivity contribution in [3.8, 4) is 0 Å². The molecule has 1 saturated heterocycles. The van der Waals surface area contributed by atoms with E-state index in [0.717, 1.165) is 18.4 Å². The third-order valence-electron chi connectivity index (χ3n) is 3.63. The highest BCUT2D eigenvalue weighted by atomic mass is 32.2. The molecular formula is C14H22N2O3S. The zero-order valence-corrected chi connectivity index (χ0v) is 12.5. The number of benzene rings is 1. The molecule has 0 radical (unpaired) electrons. The van der Waals surface area contributed by atoms with Crippen molar-refractivity contribution in [3.05, 3.63) is 35.9 Å². The first kappa shape index (κ1) is 15.4. The summed E-state index contributed by atoms with van der Waals surface area (Å²) in [7, 11) is -3.44. The second-order valence-electron chi connectivity index (χ2n) is 5.42. The molecule has 2 atom stereocenters. The molecule has 1 fully saturated rings. The van der Waals surface area contributed by atoms with Crippen LogP contribution in [0.15, 0.2) is 30.3 Å². The SMILES string of the molecule is CC(CN)(NS(=O)(=O)CC1CCCO1)c1ccccc1. The van der Waals surface area contributed by atoms with E-state index in [1.165, 1.54) is 0 Å². The fourth-order valence-corrected chi connectivity index (χ4v) is 4.15. The molecular weight excluding hydrogens is 276 g/mol. The first-order valence-electron chi connectivity index (χ1n) is 6.84. The summed E-state index contributed by atoms with van der Waals surface area (Å²) >= 11 is 0. The molecule has 5 nitrogen and oxygen atoms in total. The number of hydrogen-bond acceptors (Lipinski definition) is 4. The third kappa shape index (κ3) is 3.79. The van der Waals surface area contributed by atoms with Gasteiger partial charge in [0, 0.05) is 13.2 Å². The van der Waals surface area contributed by atoms with E-state index in [-0.39, 0.29) is 18.4 Å². The van der Waals surface area contributed by atoms with Crippen molar-refractivity contribution in [1.82, 2.24) is 4.72 Å². The highest BCUT2D eigenvalue weighted by molar-refractivity contribution is 7.89. The minimum atomic E-state index is -3.44. The monoisotopic (exact) mass is 298 g/mol. The Morgan fingerprint density at radius 2 is 2.10 bits per heavy atom. The van der Waals surface area contributed by atoms with Crippen LogP contribution in [0, 0.1) is 0 Å². The lowest BCUT2D eigenvalue weighted by atomic mass is 9.94. The Morgan fingerprint density at radius 1 is 1.40 bits per heavy atom. The summed E-state index contributed by atoms with van der Waals surface area (Å²) in [6, 6.07) is 9.39. The highest BCUT2D eigenvalue weighted by Crippen LogP contribution is 2.21. The van der Waals surface area contributed by atoms with E-state index in [2.05, 4.69) is 4.72 Å². The molecule has 2 rings (SSSR count). The number of ether oxygens (including phenoxy) is 1. The molecule has 1 aromatic carbocycles. The van der Waals surface area contributed by atoms with Gasteiger partial charge in [-0.05, 0) is 25.3 Å². The normalized spacial score (nSPS) is 22.6. The number of hydrogen-bond donors (Lipinski definition) is 2. The van der Waals surface area contributed by atoms with Gasteiger partial charge in [0.1, 0.15) is 0 Å². The van der Waals surface area contributed by atoms with E-state index in [4.69, 9.17) is 10.5 Å². The summed E-state index contributed by atoms with van der Waals surface area (Å²) in [4.78, 5) is 0. The van der Waals surface area contributed by atoms with Crippen molar-refractivity contribution >= 4 is 10.0 Å². The zero-order valence-electron chi connectivity index (χ0n) is 11.7. The van der Waals surface area contributed by atoms with E-state index < -0.39 is 15.6 Å². The lowest BCUT2D eigenvalue weighted by Gasteiger charge is -2.30. The number of nitrogens with one attached hydrogen (secondary N) is 1. The Bertz CT molecular complexity index is 527. The first-order valence-corrected chi connectivity index (χ1v) is 8.49. The average molecular weight is 298 g/mol. The van der Waals surface area contributed by atoms with Gasteiger partial charge in [0.05, 0.1) is 17.4 Å². The number of rotatable bonds is 6. The topological polar surface area (TPSA) is 81.4 Å². The Labute approximate surface area is 120 Å². The molecule has 20 heavy (non-hydrogen) atoms. The van der Waals surface area contributed by atoms with Crippen molar-refractivity contribution in [1.29, 1.82) is 0 Å². The smallest absolute Gasteiger partial charge is 0.215 e. The summed E-state index contributed by atoms with van der Waals surface area (Å²) in [6.45, 7) is 2.64. The molecule has 112 valence electrons. The Hall–Kier alpha value is -0.950. The van der Waals surface area contributed by atoms with Crippen LogP contribution in [0.1, 0.15) is 25.3 Å². The highest BCUT2D eigenvalue weighted by Gasteiger charge is 2.32. The van der Waals surface area contributed by atoms with E-state index >= 15 is 0 Å². The fraction of sp³-hybridized carbons (Fsp3) is 0.571. The van der Waals surface area contributed by atoms with Gasteiger partial charge in [-0.1, -0.05) is 30.3 Å². The Balaban J connectivity index is 2.12. The van der Waals surface area contributed by atoms with Gasteiger partial charge in [0.15, 0.2) is 0 Å². The van der Waals surface area contributed by atoms with Crippen LogP contribution in [0.4, 0.5) is 0 Å².